The molecule has 0 bridgehead atoms. The van der Waals surface area contributed by atoms with Crippen LogP contribution in [0.25, 0.3) is 44.7 Å². The van der Waals surface area contributed by atoms with E-state index in [0.717, 1.165) is 64.1 Å². The lowest BCUT2D eigenvalue weighted by atomic mass is 9.82. The fourth-order valence-corrected chi connectivity index (χ4v) is 12.9. The Labute approximate surface area is 432 Å². The Morgan fingerprint density at radius 1 is 0.905 bits per heavy atom. The normalized spacial score (nSPS) is 23.4. The second kappa shape index (κ2) is 19.5. The molecule has 390 valence electrons. The van der Waals surface area contributed by atoms with Gasteiger partial charge in [0.15, 0.2) is 0 Å². The van der Waals surface area contributed by atoms with Crippen LogP contribution in [0.2, 0.25) is 0 Å². The molecule has 6 aromatic rings. The number of halogens is 1. The van der Waals surface area contributed by atoms with Gasteiger partial charge in [0.25, 0.3) is 0 Å². The van der Waals surface area contributed by atoms with E-state index in [1.807, 2.05) is 67.6 Å². The quantitative estimate of drug-likeness (QED) is 0.0857. The first-order valence-corrected chi connectivity index (χ1v) is 26.6. The highest BCUT2D eigenvalue weighted by atomic mass is 32.1. The zero-order valence-electron chi connectivity index (χ0n) is 42.7. The van der Waals surface area contributed by atoms with Crippen LogP contribution < -0.4 is 15.4 Å². The highest BCUT2D eigenvalue weighted by Gasteiger charge is 2.57. The Kier molecular flexibility index (Phi) is 13.0. The van der Waals surface area contributed by atoms with Gasteiger partial charge in [-0.1, -0.05) is 26.8 Å². The fraction of sp³-hybridized carbons (Fsp3) is 0.500. The summed E-state index contributed by atoms with van der Waals surface area (Å²) in [5.41, 5.74) is 4.11. The summed E-state index contributed by atoms with van der Waals surface area (Å²) in [7, 11) is 2.58. The Hall–Kier alpha value is -6.80. The number of aromatic amines is 2. The van der Waals surface area contributed by atoms with Gasteiger partial charge < -0.3 is 49.3 Å². The lowest BCUT2D eigenvalue weighted by Gasteiger charge is -2.40. The lowest BCUT2D eigenvalue weighted by Crippen LogP contribution is -2.55. The summed E-state index contributed by atoms with van der Waals surface area (Å²) in [6.07, 6.45) is 9.46. The Bertz CT molecular complexity index is 3140. The maximum absolute atomic E-state index is 17.0. The smallest absolute Gasteiger partial charge is 0.407 e. The van der Waals surface area contributed by atoms with E-state index >= 15 is 4.39 Å². The van der Waals surface area contributed by atoms with Crippen LogP contribution in [0.15, 0.2) is 55.0 Å². The van der Waals surface area contributed by atoms with E-state index in [1.54, 1.807) is 28.6 Å². The number of alkyl carbamates (subject to hydrolysis) is 2. The van der Waals surface area contributed by atoms with Crippen LogP contribution in [-0.2, 0) is 30.2 Å². The van der Waals surface area contributed by atoms with E-state index in [4.69, 9.17) is 33.9 Å². The first-order valence-electron chi connectivity index (χ1n) is 25.8. The average molecular weight is 1030 g/mol. The van der Waals surface area contributed by atoms with Crippen LogP contribution in [0.3, 0.4) is 0 Å². The Morgan fingerprint density at radius 3 is 2.38 bits per heavy atom. The minimum Gasteiger partial charge on any atom is -0.464 e. The summed E-state index contributed by atoms with van der Waals surface area (Å²) in [6.45, 7) is 10.9. The van der Waals surface area contributed by atoms with Crippen LogP contribution in [0.5, 0.6) is 5.75 Å². The molecule has 1 aliphatic carbocycles. The van der Waals surface area contributed by atoms with Gasteiger partial charge in [-0.15, -0.1) is 11.3 Å². The summed E-state index contributed by atoms with van der Waals surface area (Å²) >= 11 is 1.58. The van der Waals surface area contributed by atoms with E-state index < -0.39 is 41.9 Å². The molecule has 2 aromatic carbocycles. The molecule has 5 aliphatic rings. The van der Waals surface area contributed by atoms with Crippen molar-refractivity contribution in [1.82, 2.24) is 49.9 Å². The van der Waals surface area contributed by atoms with E-state index in [1.165, 1.54) is 20.3 Å². The number of carbonyl (C=O) groups excluding carboxylic acids is 4. The standard InChI is InChI=1S/C54H63FN10O8S/c1-8-10-43-56-26-42(74-43)51-65-36-13-12-28(34-24-58-48(59-34)40-21-32-19-38(32)64(40)50(67)46(62-53(69)71-7)29-14-16-72-54(4,5)23-29)17-31(36)20-39(65)44-33(55)18-30(22-41(44)73-51)35-25-57-47(60-35)37-11-9-15-63(37)49(66)45(27(2)3)61-52(68)70-6/h12-13,17-18,20,22,24-27,29,32,37-38,40,45-46,51H,8-11,14-16,19,21,23H2,1-7H3,(H,57,60)(H,58,59)(H,61,68)(H,62,69)/t29?,32-,37+,38-,40+,45+,46?,51?/m1/s1. The molecule has 0 radical (unpaired) electrons. The van der Waals surface area contributed by atoms with Crippen molar-refractivity contribution in [2.75, 3.05) is 27.4 Å². The lowest BCUT2D eigenvalue weighted by molar-refractivity contribution is -0.140. The number of piperidine rings is 1. The fourth-order valence-electron chi connectivity index (χ4n) is 11.9. The molecule has 11 rings (SSSR count). The van der Waals surface area contributed by atoms with Crippen molar-refractivity contribution in [3.05, 3.63) is 82.3 Å². The number of carbonyl (C=O) groups is 4. The zero-order chi connectivity index (χ0) is 51.7. The molecule has 0 spiro atoms. The molecule has 4 amide bonds. The van der Waals surface area contributed by atoms with Gasteiger partial charge in [-0.25, -0.2) is 28.9 Å². The molecule has 4 aromatic heterocycles. The number of imidazole rings is 2. The highest BCUT2D eigenvalue weighted by molar-refractivity contribution is 7.11. The number of benzene rings is 2. The van der Waals surface area contributed by atoms with Gasteiger partial charge in [-0.2, -0.15) is 0 Å². The number of aryl methyl sites for hydroxylation is 1. The number of methoxy groups -OCH3 is 2. The first-order chi connectivity index (χ1) is 35.6. The second-order valence-corrected chi connectivity index (χ2v) is 22.5. The van der Waals surface area contributed by atoms with Crippen molar-refractivity contribution in [2.45, 2.75) is 128 Å². The number of hydrogen-bond donors (Lipinski definition) is 4. The van der Waals surface area contributed by atoms with Crippen molar-refractivity contribution in [1.29, 1.82) is 0 Å². The van der Waals surface area contributed by atoms with Crippen LogP contribution in [0.1, 0.15) is 119 Å². The second-order valence-electron chi connectivity index (χ2n) is 21.3. The van der Waals surface area contributed by atoms with Crippen LogP contribution in [0, 0.1) is 23.6 Å². The van der Waals surface area contributed by atoms with Crippen molar-refractivity contribution in [2.24, 2.45) is 17.8 Å². The maximum Gasteiger partial charge on any atom is 0.407 e. The predicted molar refractivity (Wildman–Crippen MR) is 273 cm³/mol. The third-order valence-corrected chi connectivity index (χ3v) is 16.7. The van der Waals surface area contributed by atoms with E-state index in [-0.39, 0.29) is 41.8 Å². The number of likely N-dealkylation sites (tertiary alicyclic amines) is 2. The molecule has 8 heterocycles. The number of aromatic nitrogens is 6. The third-order valence-electron chi connectivity index (χ3n) is 15.6. The molecule has 4 N–H and O–H groups in total. The molecule has 3 unspecified atom stereocenters. The van der Waals surface area contributed by atoms with Crippen LogP contribution >= 0.6 is 11.3 Å². The van der Waals surface area contributed by atoms with Crippen molar-refractivity contribution < 1.29 is 42.5 Å². The number of nitrogens with zero attached hydrogens (tertiary/aromatic N) is 6. The number of nitrogens with one attached hydrogen (secondary N) is 4. The molecule has 1 saturated carbocycles. The Balaban J connectivity index is 0.898. The summed E-state index contributed by atoms with van der Waals surface area (Å²) in [4.78, 5) is 79.2. The largest absolute Gasteiger partial charge is 0.464 e. The number of H-pyrrole nitrogens is 2. The molecular weight excluding hydrogens is 968 g/mol. The molecule has 74 heavy (non-hydrogen) atoms. The summed E-state index contributed by atoms with van der Waals surface area (Å²) < 4.78 is 41.7. The number of fused-ring (bicyclic) bond motifs is 6. The molecule has 20 heteroatoms. The molecular formula is C54H63FN10O8S. The van der Waals surface area contributed by atoms with Gasteiger partial charge in [0.2, 0.25) is 18.0 Å². The SMILES string of the molecule is CCCc1ncc(C2Oc3cc(-c4cnc([C@@H]5CCCN5C(=O)[C@@H](NC(=O)OC)C(C)C)[nH]4)cc(F)c3-c3cc4cc(-c5cnc([C@@H]6C[C@H]7C[C@H]7N6C(=O)C(NC(=O)OC)C6CCOC(C)(C)C6)[nH]5)ccc4n32)s1. The first kappa shape index (κ1) is 49.4. The predicted octanol–water partition coefficient (Wildman–Crippen LogP) is 9.21. The van der Waals surface area contributed by atoms with Gasteiger partial charge in [0.1, 0.15) is 35.3 Å². The number of amides is 4. The topological polar surface area (TPSA) is 211 Å². The zero-order valence-corrected chi connectivity index (χ0v) is 43.5. The molecule has 4 aliphatic heterocycles. The number of thiazole rings is 1. The van der Waals surface area contributed by atoms with Crippen molar-refractivity contribution in [3.8, 4) is 39.5 Å². The molecule has 18 nitrogen and oxygen atoms in total. The van der Waals surface area contributed by atoms with Crippen molar-refractivity contribution >= 4 is 46.2 Å². The summed E-state index contributed by atoms with van der Waals surface area (Å²) in [6, 6.07) is 9.28. The average Bonchev–Trinajstić information content (AvgIpc) is 4.15. The minimum absolute atomic E-state index is 0.0740. The summed E-state index contributed by atoms with van der Waals surface area (Å²) in [5.74, 6) is 0.842. The molecule has 4 fully saturated rings. The van der Waals surface area contributed by atoms with Gasteiger partial charge in [0.05, 0.1) is 82.3 Å². The summed E-state index contributed by atoms with van der Waals surface area (Å²) in [5, 5.41) is 7.43. The van der Waals surface area contributed by atoms with E-state index in [2.05, 4.69) is 33.6 Å². The number of ether oxygens (including phenoxy) is 4. The van der Waals surface area contributed by atoms with Gasteiger partial charge in [0, 0.05) is 41.9 Å². The van der Waals surface area contributed by atoms with Crippen LogP contribution in [0.4, 0.5) is 14.0 Å². The minimum atomic E-state index is -0.777. The van der Waals surface area contributed by atoms with E-state index in [0.29, 0.717) is 78.2 Å². The van der Waals surface area contributed by atoms with Crippen molar-refractivity contribution in [3.63, 3.8) is 0 Å². The Morgan fingerprint density at radius 2 is 1.65 bits per heavy atom. The van der Waals surface area contributed by atoms with Gasteiger partial charge in [-0.3, -0.25) is 14.2 Å². The van der Waals surface area contributed by atoms with Gasteiger partial charge in [-0.05, 0) is 113 Å². The number of rotatable bonds is 13. The maximum atomic E-state index is 17.0. The molecule has 3 saturated heterocycles. The number of hydrogen-bond acceptors (Lipinski definition) is 12. The van der Waals surface area contributed by atoms with E-state index in [9.17, 15) is 19.2 Å². The highest BCUT2D eigenvalue weighted by Crippen LogP contribution is 2.54. The van der Waals surface area contributed by atoms with Gasteiger partial charge >= 0.3 is 12.2 Å². The molecule has 8 atom stereocenters. The third kappa shape index (κ3) is 9.06. The van der Waals surface area contributed by atoms with Crippen LogP contribution in [-0.4, -0.2) is 114 Å². The monoisotopic (exact) mass is 1030 g/mol.